The molecule has 3 fully saturated rings. The van der Waals surface area contributed by atoms with Gasteiger partial charge in [-0.2, -0.15) is 0 Å². The Bertz CT molecular complexity index is 459. The second kappa shape index (κ2) is 7.32. The van der Waals surface area contributed by atoms with E-state index in [1.807, 2.05) is 11.8 Å². The van der Waals surface area contributed by atoms with Gasteiger partial charge in [0.15, 0.2) is 0 Å². The lowest BCUT2D eigenvalue weighted by Gasteiger charge is -2.61. The zero-order valence-electron chi connectivity index (χ0n) is 15.2. The van der Waals surface area contributed by atoms with E-state index in [0.717, 1.165) is 31.3 Å². The molecule has 1 atom stereocenters. The van der Waals surface area contributed by atoms with Crippen molar-refractivity contribution in [2.45, 2.75) is 58.3 Å². The van der Waals surface area contributed by atoms with Crippen LogP contribution in [-0.4, -0.2) is 43.6 Å². The summed E-state index contributed by atoms with van der Waals surface area (Å²) in [6.45, 7) is 4.24. The Balaban J connectivity index is 1.41. The molecule has 0 aromatic carbocycles. The molecule has 2 saturated carbocycles. The van der Waals surface area contributed by atoms with Gasteiger partial charge in [0.25, 0.3) is 0 Å². The highest BCUT2D eigenvalue weighted by molar-refractivity contribution is 5.80. The largest absolute Gasteiger partial charge is 0.453 e. The fraction of sp³-hybridized carbons (Fsp3) is 0.895. The summed E-state index contributed by atoms with van der Waals surface area (Å²) in [7, 11) is 1.34. The van der Waals surface area contributed by atoms with Crippen LogP contribution in [0.3, 0.4) is 0 Å². The first-order chi connectivity index (χ1) is 11.6. The van der Waals surface area contributed by atoms with Crippen LogP contribution in [0.4, 0.5) is 4.79 Å². The molecule has 1 N–H and O–H groups in total. The maximum Gasteiger partial charge on any atom is 0.406 e. The third-order valence-corrected chi connectivity index (χ3v) is 6.59. The van der Waals surface area contributed by atoms with Gasteiger partial charge >= 0.3 is 6.09 Å². The van der Waals surface area contributed by atoms with E-state index in [1.54, 1.807) is 0 Å². The van der Waals surface area contributed by atoms with Crippen molar-refractivity contribution in [1.29, 1.82) is 0 Å². The minimum Gasteiger partial charge on any atom is -0.453 e. The molecule has 0 aromatic heterocycles. The summed E-state index contributed by atoms with van der Waals surface area (Å²) < 4.78 is 4.58. The summed E-state index contributed by atoms with van der Waals surface area (Å²) in [4.78, 5) is 25.8. The Morgan fingerprint density at radius 2 is 1.83 bits per heavy atom. The molecular formula is C19H32N2O3. The van der Waals surface area contributed by atoms with Crippen molar-refractivity contribution in [3.63, 3.8) is 0 Å². The molecule has 2 amide bonds. The van der Waals surface area contributed by atoms with Crippen molar-refractivity contribution in [2.24, 2.45) is 23.2 Å². The van der Waals surface area contributed by atoms with Crippen LogP contribution in [0, 0.1) is 23.2 Å². The molecule has 0 aromatic rings. The SMILES string of the molecule is CCC(CNC(=O)OC)C(=O)N1CC2(CC(C3CCCCC3)C2)C1. The number of nitrogens with zero attached hydrogens (tertiary/aromatic N) is 1. The summed E-state index contributed by atoms with van der Waals surface area (Å²) in [6, 6.07) is 0. The Morgan fingerprint density at radius 3 is 2.42 bits per heavy atom. The van der Waals surface area contributed by atoms with Gasteiger partial charge in [0.05, 0.1) is 13.0 Å². The van der Waals surface area contributed by atoms with Crippen molar-refractivity contribution in [1.82, 2.24) is 10.2 Å². The van der Waals surface area contributed by atoms with Gasteiger partial charge in [-0.15, -0.1) is 0 Å². The minimum absolute atomic E-state index is 0.129. The summed E-state index contributed by atoms with van der Waals surface area (Å²) in [6.07, 6.45) is 10.1. The summed E-state index contributed by atoms with van der Waals surface area (Å²) in [5, 5.41) is 2.66. The number of hydrogen-bond donors (Lipinski definition) is 1. The molecule has 1 saturated heterocycles. The number of alkyl carbamates (subject to hydrolysis) is 1. The maximum absolute atomic E-state index is 12.6. The number of ether oxygens (including phenoxy) is 1. The Labute approximate surface area is 145 Å². The number of methoxy groups -OCH3 is 1. The van der Waals surface area contributed by atoms with Gasteiger partial charge in [0.2, 0.25) is 5.91 Å². The molecule has 1 spiro atoms. The van der Waals surface area contributed by atoms with Crippen LogP contribution in [0.5, 0.6) is 0 Å². The summed E-state index contributed by atoms with van der Waals surface area (Å²) in [5.41, 5.74) is 0.436. The Morgan fingerprint density at radius 1 is 1.17 bits per heavy atom. The van der Waals surface area contributed by atoms with Crippen molar-refractivity contribution in [3.8, 4) is 0 Å². The van der Waals surface area contributed by atoms with Crippen LogP contribution in [0.1, 0.15) is 58.3 Å². The molecule has 0 radical (unpaired) electrons. The molecule has 1 unspecified atom stereocenters. The smallest absolute Gasteiger partial charge is 0.406 e. The Hall–Kier alpha value is -1.26. The second-order valence-corrected chi connectivity index (χ2v) is 8.24. The predicted octanol–water partition coefficient (Wildman–Crippen LogP) is 3.19. The highest BCUT2D eigenvalue weighted by Crippen LogP contribution is 2.56. The topological polar surface area (TPSA) is 58.6 Å². The predicted molar refractivity (Wildman–Crippen MR) is 92.5 cm³/mol. The monoisotopic (exact) mass is 336 g/mol. The third kappa shape index (κ3) is 3.55. The molecule has 3 aliphatic rings. The molecule has 5 heteroatoms. The van der Waals surface area contributed by atoms with Gasteiger partial charge < -0.3 is 15.0 Å². The average molecular weight is 336 g/mol. The highest BCUT2D eigenvalue weighted by Gasteiger charge is 2.55. The van der Waals surface area contributed by atoms with Gasteiger partial charge in [-0.05, 0) is 31.1 Å². The highest BCUT2D eigenvalue weighted by atomic mass is 16.5. The molecule has 136 valence electrons. The van der Waals surface area contributed by atoms with Gasteiger partial charge in [-0.3, -0.25) is 4.79 Å². The van der Waals surface area contributed by atoms with Crippen LogP contribution >= 0.6 is 0 Å². The number of rotatable bonds is 5. The number of carbonyl (C=O) groups is 2. The molecule has 1 heterocycles. The normalized spacial score (nSPS) is 24.8. The lowest BCUT2D eigenvalue weighted by molar-refractivity contribution is -0.163. The first-order valence-corrected chi connectivity index (χ1v) is 9.67. The number of amides is 2. The second-order valence-electron chi connectivity index (χ2n) is 8.24. The average Bonchev–Trinajstić information content (AvgIpc) is 2.53. The first-order valence-electron chi connectivity index (χ1n) is 9.67. The summed E-state index contributed by atoms with van der Waals surface area (Å²) >= 11 is 0. The lowest BCUT2D eigenvalue weighted by Crippen LogP contribution is -2.65. The number of likely N-dealkylation sites (tertiary alicyclic amines) is 1. The molecule has 0 bridgehead atoms. The zero-order chi connectivity index (χ0) is 17.2. The van der Waals surface area contributed by atoms with E-state index in [0.29, 0.717) is 12.0 Å². The van der Waals surface area contributed by atoms with E-state index >= 15 is 0 Å². The van der Waals surface area contributed by atoms with E-state index in [4.69, 9.17) is 0 Å². The third-order valence-electron chi connectivity index (χ3n) is 6.59. The molecule has 1 aliphatic heterocycles. The molecular weight excluding hydrogens is 304 g/mol. The number of hydrogen-bond acceptors (Lipinski definition) is 3. The standard InChI is InChI=1S/C19H32N2O3/c1-3-14(11-20-18(23)24-2)17(22)21-12-19(13-21)9-16(10-19)15-7-5-4-6-8-15/h14-16H,3-13H2,1-2H3,(H,20,23). The van der Waals surface area contributed by atoms with Crippen LogP contribution in [0.25, 0.3) is 0 Å². The summed E-state index contributed by atoms with van der Waals surface area (Å²) in [5.74, 6) is 1.95. The van der Waals surface area contributed by atoms with Crippen molar-refractivity contribution < 1.29 is 14.3 Å². The van der Waals surface area contributed by atoms with Crippen LogP contribution in [-0.2, 0) is 9.53 Å². The van der Waals surface area contributed by atoms with Gasteiger partial charge in [0, 0.05) is 25.0 Å². The molecule has 3 rings (SSSR count). The fourth-order valence-corrected chi connectivity index (χ4v) is 5.11. The van der Waals surface area contributed by atoms with Crippen LogP contribution < -0.4 is 5.32 Å². The van der Waals surface area contributed by atoms with E-state index in [-0.39, 0.29) is 11.8 Å². The maximum atomic E-state index is 12.6. The zero-order valence-corrected chi connectivity index (χ0v) is 15.2. The van der Waals surface area contributed by atoms with Crippen molar-refractivity contribution in [2.75, 3.05) is 26.7 Å². The van der Waals surface area contributed by atoms with E-state index < -0.39 is 6.09 Å². The van der Waals surface area contributed by atoms with E-state index in [2.05, 4.69) is 10.1 Å². The van der Waals surface area contributed by atoms with Gasteiger partial charge in [0.1, 0.15) is 0 Å². The van der Waals surface area contributed by atoms with E-state index in [1.165, 1.54) is 52.1 Å². The molecule has 5 nitrogen and oxygen atoms in total. The van der Waals surface area contributed by atoms with Crippen molar-refractivity contribution in [3.05, 3.63) is 0 Å². The number of carbonyl (C=O) groups excluding carboxylic acids is 2. The quantitative estimate of drug-likeness (QED) is 0.839. The van der Waals surface area contributed by atoms with Gasteiger partial charge in [-0.1, -0.05) is 39.0 Å². The fourth-order valence-electron chi connectivity index (χ4n) is 5.11. The number of nitrogens with one attached hydrogen (secondary N) is 1. The first kappa shape index (κ1) is 17.6. The van der Waals surface area contributed by atoms with Gasteiger partial charge in [-0.25, -0.2) is 4.79 Å². The van der Waals surface area contributed by atoms with Crippen molar-refractivity contribution >= 4 is 12.0 Å². The minimum atomic E-state index is -0.462. The lowest BCUT2D eigenvalue weighted by atomic mass is 9.53. The molecule has 2 aliphatic carbocycles. The van der Waals surface area contributed by atoms with E-state index in [9.17, 15) is 9.59 Å². The molecule has 24 heavy (non-hydrogen) atoms. The Kier molecular flexibility index (Phi) is 5.36. The van der Waals surface area contributed by atoms with Crippen LogP contribution in [0.15, 0.2) is 0 Å². The van der Waals surface area contributed by atoms with Crippen LogP contribution in [0.2, 0.25) is 0 Å².